The normalized spacial score (nSPS) is 9.76. The molecule has 4 N–H and O–H groups in total. The molecule has 2 rings (SSSR count). The number of carboxylic acid groups (broad SMARTS) is 1. The fourth-order valence-corrected chi connectivity index (χ4v) is 1.64. The summed E-state index contributed by atoms with van der Waals surface area (Å²) in [6, 6.07) is 6.50. The third-order valence-electron chi connectivity index (χ3n) is 2.55. The molecule has 0 radical (unpaired) electrons. The van der Waals surface area contributed by atoms with E-state index in [1.807, 2.05) is 0 Å². The summed E-state index contributed by atoms with van der Waals surface area (Å²) >= 11 is 0. The number of benzene rings is 1. The monoisotopic (exact) mass is 286 g/mol. The molecule has 7 nitrogen and oxygen atoms in total. The van der Waals surface area contributed by atoms with Crippen molar-refractivity contribution in [2.75, 3.05) is 6.61 Å². The summed E-state index contributed by atoms with van der Waals surface area (Å²) in [5, 5.41) is 26.9. The smallest absolute Gasteiger partial charge is 0.358 e. The zero-order chi connectivity index (χ0) is 15.4. The molecule has 1 aromatic carbocycles. The lowest BCUT2D eigenvalue weighted by atomic mass is 10.1. The Hall–Kier alpha value is -3.11. The second-order valence-corrected chi connectivity index (χ2v) is 3.96. The molecular weight excluding hydrogens is 276 g/mol. The van der Waals surface area contributed by atoms with Crippen LogP contribution in [0.2, 0.25) is 0 Å². The third-order valence-corrected chi connectivity index (χ3v) is 2.55. The van der Waals surface area contributed by atoms with Crippen molar-refractivity contribution < 1.29 is 20.1 Å². The summed E-state index contributed by atoms with van der Waals surface area (Å²) in [6.45, 7) is -0.290. The summed E-state index contributed by atoms with van der Waals surface area (Å²) in [5.74, 6) is 2.71. The molecule has 106 valence electrons. The minimum Gasteiger partial charge on any atom is -0.501 e. The maximum Gasteiger partial charge on any atom is 0.358 e. The van der Waals surface area contributed by atoms with Gasteiger partial charge in [0.05, 0.1) is 0 Å². The van der Waals surface area contributed by atoms with Crippen LogP contribution < -0.4 is 5.56 Å². The molecule has 0 bridgehead atoms. The largest absolute Gasteiger partial charge is 0.501 e. The van der Waals surface area contributed by atoms with Gasteiger partial charge < -0.3 is 20.3 Å². The number of H-pyrrole nitrogens is 1. The molecule has 0 amide bonds. The van der Waals surface area contributed by atoms with Crippen molar-refractivity contribution in [3.63, 3.8) is 0 Å². The van der Waals surface area contributed by atoms with Crippen LogP contribution in [0, 0.1) is 11.8 Å². The van der Waals surface area contributed by atoms with Crippen molar-refractivity contribution in [2.45, 2.75) is 0 Å². The van der Waals surface area contributed by atoms with Crippen molar-refractivity contribution in [1.82, 2.24) is 9.97 Å². The molecule has 1 aromatic heterocycles. The Morgan fingerprint density at radius 3 is 2.81 bits per heavy atom. The Bertz CT molecular complexity index is 814. The van der Waals surface area contributed by atoms with Crippen molar-refractivity contribution in [3.8, 4) is 29.0 Å². The molecule has 2 aromatic rings. The molecule has 0 aliphatic rings. The van der Waals surface area contributed by atoms with E-state index in [0.717, 1.165) is 0 Å². The lowest BCUT2D eigenvalue weighted by Crippen LogP contribution is -2.15. The van der Waals surface area contributed by atoms with Crippen LogP contribution in [-0.4, -0.2) is 37.9 Å². The van der Waals surface area contributed by atoms with Gasteiger partial charge in [-0.2, -0.15) is 0 Å². The van der Waals surface area contributed by atoms with E-state index in [1.165, 1.54) is 0 Å². The van der Waals surface area contributed by atoms with Crippen molar-refractivity contribution in [3.05, 3.63) is 45.9 Å². The highest BCUT2D eigenvalue weighted by Gasteiger charge is 2.17. The number of aromatic hydroxyl groups is 1. The van der Waals surface area contributed by atoms with E-state index in [0.29, 0.717) is 11.1 Å². The lowest BCUT2D eigenvalue weighted by molar-refractivity contribution is 0.0686. The van der Waals surface area contributed by atoms with E-state index in [9.17, 15) is 14.7 Å². The second-order valence-electron chi connectivity index (χ2n) is 3.96. The minimum atomic E-state index is -1.50. The van der Waals surface area contributed by atoms with E-state index < -0.39 is 23.0 Å². The summed E-state index contributed by atoms with van der Waals surface area (Å²) < 4.78 is 0. The van der Waals surface area contributed by atoms with E-state index in [-0.39, 0.29) is 12.4 Å². The minimum absolute atomic E-state index is 0.00264. The van der Waals surface area contributed by atoms with Gasteiger partial charge in [-0.3, -0.25) is 4.79 Å². The van der Waals surface area contributed by atoms with Crippen LogP contribution in [-0.2, 0) is 0 Å². The number of aromatic amines is 1. The highest BCUT2D eigenvalue weighted by molar-refractivity contribution is 5.88. The van der Waals surface area contributed by atoms with Gasteiger partial charge in [-0.25, -0.2) is 9.78 Å². The summed E-state index contributed by atoms with van der Waals surface area (Å²) in [4.78, 5) is 28.5. The Morgan fingerprint density at radius 1 is 1.38 bits per heavy atom. The fourth-order valence-electron chi connectivity index (χ4n) is 1.64. The summed E-state index contributed by atoms with van der Waals surface area (Å²) in [7, 11) is 0. The summed E-state index contributed by atoms with van der Waals surface area (Å²) in [5.41, 5.74) is -0.668. The molecular formula is C14H10N2O5. The maximum absolute atomic E-state index is 11.5. The van der Waals surface area contributed by atoms with Gasteiger partial charge in [0.2, 0.25) is 5.75 Å². The van der Waals surface area contributed by atoms with Crippen LogP contribution in [0.3, 0.4) is 0 Å². The zero-order valence-electron chi connectivity index (χ0n) is 10.6. The molecule has 0 unspecified atom stereocenters. The molecule has 7 heteroatoms. The van der Waals surface area contributed by atoms with Gasteiger partial charge in [0.15, 0.2) is 5.69 Å². The number of rotatable bonds is 2. The van der Waals surface area contributed by atoms with Gasteiger partial charge in [0.25, 0.3) is 5.56 Å². The van der Waals surface area contributed by atoms with Crippen molar-refractivity contribution in [1.29, 1.82) is 0 Å². The van der Waals surface area contributed by atoms with E-state index >= 15 is 0 Å². The lowest BCUT2D eigenvalue weighted by Gasteiger charge is -2.04. The number of aromatic carboxylic acids is 1. The van der Waals surface area contributed by atoms with Crippen LogP contribution in [0.1, 0.15) is 16.1 Å². The predicted octanol–water partition coefficient (Wildman–Crippen LogP) is 0.184. The van der Waals surface area contributed by atoms with Gasteiger partial charge >= 0.3 is 5.97 Å². The molecule has 0 aliphatic heterocycles. The van der Waals surface area contributed by atoms with E-state index in [2.05, 4.69) is 21.8 Å². The number of aliphatic hydroxyl groups is 1. The van der Waals surface area contributed by atoms with Crippen LogP contribution in [0.25, 0.3) is 11.4 Å². The predicted molar refractivity (Wildman–Crippen MR) is 72.9 cm³/mol. The molecule has 0 saturated heterocycles. The van der Waals surface area contributed by atoms with Gasteiger partial charge in [0, 0.05) is 11.1 Å². The fraction of sp³-hybridized carbons (Fsp3) is 0.0714. The Labute approximate surface area is 118 Å². The maximum atomic E-state index is 11.5. The number of carbonyl (C=O) groups is 1. The van der Waals surface area contributed by atoms with Crippen LogP contribution in [0.15, 0.2) is 29.1 Å². The number of hydrogen-bond acceptors (Lipinski definition) is 5. The molecule has 0 fully saturated rings. The van der Waals surface area contributed by atoms with Crippen molar-refractivity contribution >= 4 is 5.97 Å². The highest BCUT2D eigenvalue weighted by Crippen LogP contribution is 2.18. The van der Waals surface area contributed by atoms with Crippen LogP contribution in [0.4, 0.5) is 0 Å². The van der Waals surface area contributed by atoms with Gasteiger partial charge in [0.1, 0.15) is 12.4 Å². The average molecular weight is 286 g/mol. The van der Waals surface area contributed by atoms with Gasteiger partial charge in [-0.15, -0.1) is 0 Å². The second kappa shape index (κ2) is 5.90. The van der Waals surface area contributed by atoms with Gasteiger partial charge in [-0.05, 0) is 12.1 Å². The highest BCUT2D eigenvalue weighted by atomic mass is 16.4. The molecule has 1 heterocycles. The third kappa shape index (κ3) is 3.08. The molecule has 0 atom stereocenters. The number of aromatic nitrogens is 2. The first-order valence-corrected chi connectivity index (χ1v) is 5.79. The molecule has 21 heavy (non-hydrogen) atoms. The quantitative estimate of drug-likeness (QED) is 0.584. The molecule has 0 aliphatic carbocycles. The standard InChI is InChI=1S/C14H10N2O5/c17-6-2-4-8-3-1-5-9(7-8)12-15-10(14(20)21)11(18)13(19)16-12/h1,3,5,7,17-18H,6H2,(H,20,21)(H,15,16,19). The number of aliphatic hydroxyl groups excluding tert-OH is 1. The molecule has 0 spiro atoms. The zero-order valence-corrected chi connectivity index (χ0v) is 10.6. The van der Waals surface area contributed by atoms with Crippen molar-refractivity contribution in [2.24, 2.45) is 0 Å². The SMILES string of the molecule is O=C(O)c1nc(-c2cccc(C#CCO)c2)[nH]c(=O)c1O. The van der Waals surface area contributed by atoms with Crippen LogP contribution >= 0.6 is 0 Å². The number of nitrogens with one attached hydrogen (secondary N) is 1. The number of hydrogen-bond donors (Lipinski definition) is 4. The Kier molecular flexibility index (Phi) is 4.02. The Morgan fingerprint density at radius 2 is 2.14 bits per heavy atom. The first-order valence-electron chi connectivity index (χ1n) is 5.79. The summed E-state index contributed by atoms with van der Waals surface area (Å²) in [6.07, 6.45) is 0. The van der Waals surface area contributed by atoms with E-state index in [4.69, 9.17) is 10.2 Å². The topological polar surface area (TPSA) is 124 Å². The number of nitrogens with zero attached hydrogens (tertiary/aromatic N) is 1. The Balaban J connectivity index is 2.57. The average Bonchev–Trinajstić information content (AvgIpc) is 2.47. The number of carboxylic acids is 1. The van der Waals surface area contributed by atoms with Gasteiger partial charge in [-0.1, -0.05) is 24.0 Å². The first kappa shape index (κ1) is 14.3. The van der Waals surface area contributed by atoms with E-state index in [1.54, 1.807) is 24.3 Å². The molecule has 0 saturated carbocycles. The van der Waals surface area contributed by atoms with Crippen LogP contribution in [0.5, 0.6) is 5.75 Å². The first-order chi connectivity index (χ1) is 10.0.